The molecule has 1 aliphatic heterocycles. The number of aromatic nitrogens is 2. The molecule has 0 atom stereocenters. The van der Waals surface area contributed by atoms with Gasteiger partial charge in [0.1, 0.15) is 17.2 Å². The average molecular weight is 442 g/mol. The summed E-state index contributed by atoms with van der Waals surface area (Å²) in [6.07, 6.45) is 0. The van der Waals surface area contributed by atoms with Crippen LogP contribution in [-0.2, 0) is 21.4 Å². The molecule has 1 aromatic heterocycles. The van der Waals surface area contributed by atoms with Crippen LogP contribution in [0.25, 0.3) is 11.4 Å². The van der Waals surface area contributed by atoms with Crippen molar-refractivity contribution in [3.8, 4) is 17.1 Å². The second kappa shape index (κ2) is 7.84. The molecule has 0 aliphatic carbocycles. The summed E-state index contributed by atoms with van der Waals surface area (Å²) in [4.78, 5) is 30.5. The van der Waals surface area contributed by atoms with Crippen molar-refractivity contribution in [1.82, 2.24) is 19.3 Å². The van der Waals surface area contributed by atoms with Gasteiger partial charge >= 0.3 is 0 Å². The number of amides is 2. The number of nitrogens with zero attached hydrogens (tertiary/aromatic N) is 4. The number of hydrogen-bond donors (Lipinski definition) is 0. The Labute approximate surface area is 178 Å². The Morgan fingerprint density at radius 1 is 1.19 bits per heavy atom. The van der Waals surface area contributed by atoms with Crippen molar-refractivity contribution in [1.29, 1.82) is 0 Å². The fourth-order valence-corrected chi connectivity index (χ4v) is 4.64. The maximum Gasteiger partial charge on any atom is 0.269 e. The summed E-state index contributed by atoms with van der Waals surface area (Å²) in [6, 6.07) is 12.9. The van der Waals surface area contributed by atoms with Gasteiger partial charge in [-0.15, -0.1) is 0 Å². The predicted octanol–water partition coefficient (Wildman–Crippen LogP) is 1.55. The number of hydrogen-bond acceptors (Lipinski definition) is 8. The highest BCUT2D eigenvalue weighted by molar-refractivity contribution is 7.90. The molecular weight excluding hydrogens is 424 g/mol. The molecule has 1 aliphatic rings. The van der Waals surface area contributed by atoms with E-state index in [1.165, 1.54) is 30.1 Å². The second-order valence-corrected chi connectivity index (χ2v) is 8.64. The van der Waals surface area contributed by atoms with Crippen molar-refractivity contribution in [3.63, 3.8) is 0 Å². The first-order chi connectivity index (χ1) is 14.8. The Bertz CT molecular complexity index is 1270. The molecule has 0 bridgehead atoms. The minimum atomic E-state index is -4.06. The Hall–Kier alpha value is -3.73. The topological polar surface area (TPSA) is 123 Å². The Kier molecular flexibility index (Phi) is 5.19. The largest absolute Gasteiger partial charge is 0.497 e. The zero-order chi connectivity index (χ0) is 22.2. The van der Waals surface area contributed by atoms with Gasteiger partial charge < -0.3 is 14.2 Å². The van der Waals surface area contributed by atoms with Crippen molar-refractivity contribution in [2.75, 3.05) is 20.7 Å². The van der Waals surface area contributed by atoms with Crippen LogP contribution in [-0.4, -0.2) is 60.3 Å². The summed E-state index contributed by atoms with van der Waals surface area (Å²) in [7, 11) is -1.06. The number of fused-ring (bicyclic) bond motifs is 1. The van der Waals surface area contributed by atoms with E-state index in [1.807, 2.05) is 0 Å². The fraction of sp³-hybridized carbons (Fsp3) is 0.200. The molecule has 0 spiro atoms. The van der Waals surface area contributed by atoms with E-state index in [9.17, 15) is 18.0 Å². The number of rotatable bonds is 6. The third kappa shape index (κ3) is 3.75. The summed E-state index contributed by atoms with van der Waals surface area (Å²) in [5.41, 5.74) is 0.729. The zero-order valence-corrected chi connectivity index (χ0v) is 17.5. The monoisotopic (exact) mass is 442 g/mol. The molecule has 3 aromatic rings. The van der Waals surface area contributed by atoms with Crippen LogP contribution in [0.2, 0.25) is 0 Å². The van der Waals surface area contributed by atoms with Crippen LogP contribution < -0.4 is 4.74 Å². The molecule has 4 rings (SSSR count). The summed E-state index contributed by atoms with van der Waals surface area (Å²) >= 11 is 0. The molecule has 10 nitrogen and oxygen atoms in total. The highest BCUT2D eigenvalue weighted by Gasteiger charge is 2.42. The summed E-state index contributed by atoms with van der Waals surface area (Å²) in [6.45, 7) is -0.673. The third-order valence-corrected chi connectivity index (χ3v) is 6.57. The molecule has 0 saturated carbocycles. The average Bonchev–Trinajstić information content (AvgIpc) is 3.31. The predicted molar refractivity (Wildman–Crippen MR) is 107 cm³/mol. The van der Waals surface area contributed by atoms with Crippen molar-refractivity contribution in [2.45, 2.75) is 11.4 Å². The minimum absolute atomic E-state index is 0.0508. The van der Waals surface area contributed by atoms with Gasteiger partial charge in [0.15, 0.2) is 0 Å². The van der Waals surface area contributed by atoms with Gasteiger partial charge in [-0.05, 0) is 24.3 Å². The number of carbonyl (C=O) groups is 2. The van der Waals surface area contributed by atoms with Crippen molar-refractivity contribution >= 4 is 21.8 Å². The number of sulfonamides is 1. The smallest absolute Gasteiger partial charge is 0.269 e. The molecule has 2 aromatic carbocycles. The van der Waals surface area contributed by atoms with Crippen LogP contribution in [0.1, 0.15) is 16.2 Å². The Morgan fingerprint density at radius 2 is 1.97 bits per heavy atom. The van der Waals surface area contributed by atoms with Crippen LogP contribution in [0.3, 0.4) is 0 Å². The highest BCUT2D eigenvalue weighted by Crippen LogP contribution is 2.29. The molecule has 2 heterocycles. The maximum atomic E-state index is 12.6. The van der Waals surface area contributed by atoms with Gasteiger partial charge in [-0.2, -0.15) is 4.98 Å². The number of methoxy groups -OCH3 is 1. The lowest BCUT2D eigenvalue weighted by atomic mass is 10.2. The van der Waals surface area contributed by atoms with Gasteiger partial charge in [0.2, 0.25) is 17.6 Å². The Balaban J connectivity index is 1.45. The van der Waals surface area contributed by atoms with Gasteiger partial charge in [0.05, 0.1) is 19.2 Å². The number of ether oxygens (including phenoxy) is 1. The van der Waals surface area contributed by atoms with E-state index in [1.54, 1.807) is 37.4 Å². The van der Waals surface area contributed by atoms with Gasteiger partial charge in [-0.25, -0.2) is 12.7 Å². The van der Waals surface area contributed by atoms with Gasteiger partial charge in [0.25, 0.3) is 15.9 Å². The van der Waals surface area contributed by atoms with E-state index >= 15 is 0 Å². The minimum Gasteiger partial charge on any atom is -0.497 e. The normalized spacial score (nSPS) is 14.4. The SMILES string of the molecule is COc1cccc(-c2noc(CN(C)C(=O)CN3C(=O)c4ccccc4S3(=O)=O)n2)c1. The lowest BCUT2D eigenvalue weighted by Crippen LogP contribution is -2.41. The first-order valence-corrected chi connectivity index (χ1v) is 10.6. The third-order valence-electron chi connectivity index (χ3n) is 4.79. The fourth-order valence-electron chi connectivity index (χ4n) is 3.12. The first kappa shape index (κ1) is 20.5. The molecule has 0 unspecified atom stereocenters. The Morgan fingerprint density at radius 3 is 2.71 bits per heavy atom. The van der Waals surface area contributed by atoms with Crippen molar-refractivity contribution < 1.29 is 27.3 Å². The van der Waals surface area contributed by atoms with E-state index in [0.29, 0.717) is 21.4 Å². The maximum absolute atomic E-state index is 12.6. The molecule has 0 fully saturated rings. The van der Waals surface area contributed by atoms with Crippen LogP contribution >= 0.6 is 0 Å². The second-order valence-electron chi connectivity index (χ2n) is 6.81. The van der Waals surface area contributed by atoms with E-state index < -0.39 is 28.4 Å². The molecular formula is C20H18N4O6S. The molecule has 0 saturated heterocycles. The van der Waals surface area contributed by atoms with Crippen LogP contribution in [0.15, 0.2) is 57.9 Å². The first-order valence-electron chi connectivity index (χ1n) is 9.18. The van der Waals surface area contributed by atoms with Crippen LogP contribution in [0, 0.1) is 0 Å². The molecule has 160 valence electrons. The van der Waals surface area contributed by atoms with Crippen molar-refractivity contribution in [2.24, 2.45) is 0 Å². The summed E-state index contributed by atoms with van der Waals surface area (Å²) in [5, 5.41) is 3.90. The summed E-state index contributed by atoms with van der Waals surface area (Å²) in [5.74, 6) is -0.204. The highest BCUT2D eigenvalue weighted by atomic mass is 32.2. The number of benzene rings is 2. The van der Waals surface area contributed by atoms with E-state index in [0.717, 1.165) is 0 Å². The van der Waals surface area contributed by atoms with Gasteiger partial charge in [0, 0.05) is 12.6 Å². The zero-order valence-electron chi connectivity index (χ0n) is 16.7. The molecule has 0 radical (unpaired) electrons. The molecule has 31 heavy (non-hydrogen) atoms. The molecule has 2 amide bonds. The molecule has 11 heteroatoms. The quantitative estimate of drug-likeness (QED) is 0.563. The van der Waals surface area contributed by atoms with Gasteiger partial charge in [-0.1, -0.05) is 29.4 Å². The lowest BCUT2D eigenvalue weighted by Gasteiger charge is -2.19. The standard InChI is InChI=1S/C20H18N4O6S/c1-23(11-17-21-19(22-30-17)13-6-5-7-14(10-13)29-2)18(25)12-24-20(26)15-8-3-4-9-16(15)31(24,27)28/h3-10H,11-12H2,1-2H3. The number of likely N-dealkylation sites (N-methyl/N-ethyl adjacent to an activating group) is 1. The van der Waals surface area contributed by atoms with Crippen molar-refractivity contribution in [3.05, 3.63) is 60.0 Å². The number of carbonyl (C=O) groups excluding carboxylic acids is 2. The van der Waals surface area contributed by atoms with E-state index in [-0.39, 0.29) is 22.9 Å². The van der Waals surface area contributed by atoms with E-state index in [2.05, 4.69) is 10.1 Å². The molecule has 0 N–H and O–H groups in total. The van der Waals surface area contributed by atoms with Crippen LogP contribution in [0.4, 0.5) is 0 Å². The lowest BCUT2D eigenvalue weighted by molar-refractivity contribution is -0.130. The van der Waals surface area contributed by atoms with Crippen LogP contribution in [0.5, 0.6) is 5.75 Å². The van der Waals surface area contributed by atoms with E-state index in [4.69, 9.17) is 9.26 Å². The van der Waals surface area contributed by atoms with Gasteiger partial charge in [-0.3, -0.25) is 9.59 Å². The summed E-state index contributed by atoms with van der Waals surface area (Å²) < 4.78 is 36.2.